The molecule has 0 aliphatic carbocycles. The van der Waals surface area contributed by atoms with Crippen molar-refractivity contribution in [2.24, 2.45) is 0 Å². The van der Waals surface area contributed by atoms with Crippen LogP contribution in [0.25, 0.3) is 11.3 Å². The first-order valence-electron chi connectivity index (χ1n) is 4.93. The fraction of sp³-hybridized carbons (Fsp3) is 0.0833. The number of hydrogen-bond acceptors (Lipinski definition) is 3. The molecule has 0 unspecified atom stereocenters. The van der Waals surface area contributed by atoms with Crippen molar-refractivity contribution in [3.8, 4) is 11.3 Å². The van der Waals surface area contributed by atoms with Gasteiger partial charge in [-0.3, -0.25) is 4.98 Å². The van der Waals surface area contributed by atoms with Gasteiger partial charge in [-0.2, -0.15) is 0 Å². The molecule has 0 radical (unpaired) electrons. The van der Waals surface area contributed by atoms with Crippen molar-refractivity contribution in [1.29, 1.82) is 0 Å². The smallest absolute Gasteiger partial charge is 0.0722 e. The van der Waals surface area contributed by atoms with Crippen LogP contribution in [0.15, 0.2) is 30.5 Å². The van der Waals surface area contributed by atoms with E-state index in [0.29, 0.717) is 32.6 Å². The van der Waals surface area contributed by atoms with Crippen LogP contribution in [0.3, 0.4) is 0 Å². The summed E-state index contributed by atoms with van der Waals surface area (Å²) in [5.74, 6) is 0. The summed E-state index contributed by atoms with van der Waals surface area (Å²) < 4.78 is 0. The van der Waals surface area contributed by atoms with Crippen molar-refractivity contribution in [1.82, 2.24) is 4.98 Å². The summed E-state index contributed by atoms with van der Waals surface area (Å²) in [6.07, 6.45) is 1.50. The van der Waals surface area contributed by atoms with Gasteiger partial charge in [-0.25, -0.2) is 0 Å². The van der Waals surface area contributed by atoms with Crippen molar-refractivity contribution < 1.29 is 5.11 Å². The second-order valence-electron chi connectivity index (χ2n) is 3.53. The van der Waals surface area contributed by atoms with Crippen LogP contribution in [0, 0.1) is 0 Å². The topological polar surface area (TPSA) is 59.1 Å². The molecule has 0 fully saturated rings. The SMILES string of the molecule is Nc1cnc(-c2cccc(Cl)c2Cl)cc1CO. The molecule has 0 aliphatic heterocycles. The van der Waals surface area contributed by atoms with E-state index in [1.54, 1.807) is 18.2 Å². The summed E-state index contributed by atoms with van der Waals surface area (Å²) >= 11 is 12.0. The first-order valence-corrected chi connectivity index (χ1v) is 5.68. The molecule has 3 nitrogen and oxygen atoms in total. The maximum Gasteiger partial charge on any atom is 0.0722 e. The minimum Gasteiger partial charge on any atom is -0.397 e. The van der Waals surface area contributed by atoms with Crippen molar-refractivity contribution in [2.45, 2.75) is 6.61 Å². The number of nitrogens with zero attached hydrogens (tertiary/aromatic N) is 1. The predicted octanol–water partition coefficient (Wildman–Crippen LogP) is 3.13. The highest BCUT2D eigenvalue weighted by atomic mass is 35.5. The number of aliphatic hydroxyl groups is 1. The van der Waals surface area contributed by atoms with Crippen LogP contribution >= 0.6 is 23.2 Å². The van der Waals surface area contributed by atoms with Gasteiger partial charge in [0.1, 0.15) is 0 Å². The monoisotopic (exact) mass is 268 g/mol. The van der Waals surface area contributed by atoms with Crippen molar-refractivity contribution >= 4 is 28.9 Å². The van der Waals surface area contributed by atoms with Crippen LogP contribution in [0.5, 0.6) is 0 Å². The lowest BCUT2D eigenvalue weighted by Gasteiger charge is -2.08. The summed E-state index contributed by atoms with van der Waals surface area (Å²) in [7, 11) is 0. The van der Waals surface area contributed by atoms with Crippen LogP contribution < -0.4 is 5.73 Å². The van der Waals surface area contributed by atoms with E-state index in [9.17, 15) is 0 Å². The second kappa shape index (κ2) is 4.92. The summed E-state index contributed by atoms with van der Waals surface area (Å²) in [5, 5.41) is 10.1. The molecule has 0 spiro atoms. The molecule has 2 aromatic rings. The van der Waals surface area contributed by atoms with Gasteiger partial charge in [0, 0.05) is 11.1 Å². The van der Waals surface area contributed by atoms with Gasteiger partial charge in [0.15, 0.2) is 0 Å². The number of aliphatic hydroxyl groups excluding tert-OH is 1. The molecule has 5 heteroatoms. The fourth-order valence-electron chi connectivity index (χ4n) is 1.49. The highest BCUT2D eigenvalue weighted by Crippen LogP contribution is 2.33. The van der Waals surface area contributed by atoms with Crippen molar-refractivity contribution in [3.63, 3.8) is 0 Å². The van der Waals surface area contributed by atoms with Crippen molar-refractivity contribution in [3.05, 3.63) is 46.1 Å². The minimum absolute atomic E-state index is 0.139. The molecule has 3 N–H and O–H groups in total. The molecule has 1 aromatic heterocycles. The maximum absolute atomic E-state index is 9.15. The highest BCUT2D eigenvalue weighted by molar-refractivity contribution is 6.43. The third-order valence-electron chi connectivity index (χ3n) is 2.42. The molecule has 1 heterocycles. The zero-order chi connectivity index (χ0) is 12.4. The fourth-order valence-corrected chi connectivity index (χ4v) is 1.89. The van der Waals surface area contributed by atoms with E-state index in [1.165, 1.54) is 6.20 Å². The average Bonchev–Trinajstić information content (AvgIpc) is 2.34. The van der Waals surface area contributed by atoms with E-state index in [-0.39, 0.29) is 6.61 Å². The van der Waals surface area contributed by atoms with E-state index >= 15 is 0 Å². The number of benzene rings is 1. The minimum atomic E-state index is -0.139. The van der Waals surface area contributed by atoms with E-state index in [1.807, 2.05) is 6.07 Å². The summed E-state index contributed by atoms with van der Waals surface area (Å²) in [5.41, 5.74) is 8.09. The molecule has 0 aliphatic rings. The number of nitrogens with two attached hydrogens (primary N) is 1. The van der Waals surface area contributed by atoms with Crippen molar-refractivity contribution in [2.75, 3.05) is 5.73 Å². The Morgan fingerprint density at radius 3 is 2.76 bits per heavy atom. The van der Waals surface area contributed by atoms with Gasteiger partial charge >= 0.3 is 0 Å². The van der Waals surface area contributed by atoms with Gasteiger partial charge in [-0.15, -0.1) is 0 Å². The van der Waals surface area contributed by atoms with E-state index in [0.717, 1.165) is 0 Å². The molecular formula is C12H10Cl2N2O. The molecule has 0 atom stereocenters. The molecule has 0 amide bonds. The largest absolute Gasteiger partial charge is 0.397 e. The second-order valence-corrected chi connectivity index (χ2v) is 4.31. The quantitative estimate of drug-likeness (QED) is 0.880. The highest BCUT2D eigenvalue weighted by Gasteiger charge is 2.09. The molecule has 1 aromatic carbocycles. The van der Waals surface area contributed by atoms with Crippen LogP contribution in [0.4, 0.5) is 5.69 Å². The van der Waals surface area contributed by atoms with E-state index < -0.39 is 0 Å². The molecule has 17 heavy (non-hydrogen) atoms. The molecule has 0 saturated carbocycles. The Labute approximate surface area is 109 Å². The van der Waals surface area contributed by atoms with Gasteiger partial charge < -0.3 is 10.8 Å². The molecule has 2 rings (SSSR count). The Bertz CT molecular complexity index is 558. The first kappa shape index (κ1) is 12.2. The molecule has 88 valence electrons. The summed E-state index contributed by atoms with van der Waals surface area (Å²) in [6.45, 7) is -0.139. The Morgan fingerprint density at radius 2 is 2.06 bits per heavy atom. The van der Waals surface area contributed by atoms with Gasteiger partial charge in [0.2, 0.25) is 0 Å². The van der Waals surface area contributed by atoms with Gasteiger partial charge in [-0.1, -0.05) is 35.3 Å². The number of hydrogen-bond donors (Lipinski definition) is 2. The number of nitrogen functional groups attached to an aromatic ring is 1. The van der Waals surface area contributed by atoms with Gasteiger partial charge in [0.05, 0.1) is 34.2 Å². The standard InChI is InChI=1S/C12H10Cl2N2O/c13-9-3-1-2-8(12(9)14)11-4-7(6-17)10(15)5-16-11/h1-5,17H,6,15H2. The Balaban J connectivity index is 2.57. The number of aromatic nitrogens is 1. The zero-order valence-corrected chi connectivity index (χ0v) is 10.3. The summed E-state index contributed by atoms with van der Waals surface area (Å²) in [6, 6.07) is 7.01. The Morgan fingerprint density at radius 1 is 1.29 bits per heavy atom. The number of rotatable bonds is 2. The predicted molar refractivity (Wildman–Crippen MR) is 70.0 cm³/mol. The number of anilines is 1. The van der Waals surface area contributed by atoms with Gasteiger partial charge in [0.25, 0.3) is 0 Å². The van der Waals surface area contributed by atoms with Gasteiger partial charge in [-0.05, 0) is 12.1 Å². The third-order valence-corrected chi connectivity index (χ3v) is 3.24. The van der Waals surface area contributed by atoms with E-state index in [4.69, 9.17) is 34.0 Å². The van der Waals surface area contributed by atoms with Crippen LogP contribution in [-0.4, -0.2) is 10.1 Å². The maximum atomic E-state index is 9.15. The average molecular weight is 269 g/mol. The Hall–Kier alpha value is -1.29. The molecule has 0 bridgehead atoms. The Kier molecular flexibility index (Phi) is 3.52. The zero-order valence-electron chi connectivity index (χ0n) is 8.82. The molecule has 0 saturated heterocycles. The lowest BCUT2D eigenvalue weighted by molar-refractivity contribution is 0.282. The van der Waals surface area contributed by atoms with Crippen LogP contribution in [0.1, 0.15) is 5.56 Å². The van der Waals surface area contributed by atoms with E-state index in [2.05, 4.69) is 4.98 Å². The third kappa shape index (κ3) is 2.36. The number of halogens is 2. The molecular weight excluding hydrogens is 259 g/mol. The number of pyridine rings is 1. The van der Waals surface area contributed by atoms with Crippen LogP contribution in [0.2, 0.25) is 10.0 Å². The lowest BCUT2D eigenvalue weighted by Crippen LogP contribution is -1.97. The summed E-state index contributed by atoms with van der Waals surface area (Å²) in [4.78, 5) is 4.18. The van der Waals surface area contributed by atoms with Crippen LogP contribution in [-0.2, 0) is 6.61 Å². The normalized spacial score (nSPS) is 10.5. The first-order chi connectivity index (χ1) is 8.13. The lowest BCUT2D eigenvalue weighted by atomic mass is 10.1.